The molecule has 0 aromatic heterocycles. The summed E-state index contributed by atoms with van der Waals surface area (Å²) in [5.41, 5.74) is 4.92. The highest BCUT2D eigenvalue weighted by molar-refractivity contribution is 6.42. The Labute approximate surface area is 189 Å². The van der Waals surface area contributed by atoms with Crippen molar-refractivity contribution < 1.29 is 19.1 Å². The number of aryl methyl sites for hydroxylation is 1. The maximum atomic E-state index is 12.4. The van der Waals surface area contributed by atoms with Gasteiger partial charge < -0.3 is 9.47 Å². The van der Waals surface area contributed by atoms with Gasteiger partial charge in [-0.2, -0.15) is 5.10 Å². The van der Waals surface area contributed by atoms with Gasteiger partial charge in [-0.3, -0.25) is 4.79 Å². The molecule has 0 aliphatic rings. The second kappa shape index (κ2) is 10.1. The zero-order valence-corrected chi connectivity index (χ0v) is 18.2. The van der Waals surface area contributed by atoms with Crippen LogP contribution in [0.2, 0.25) is 10.0 Å². The molecule has 0 unspecified atom stereocenters. The summed E-state index contributed by atoms with van der Waals surface area (Å²) in [6.07, 6.45) is 1.46. The number of nitrogens with zero attached hydrogens (tertiary/aromatic N) is 1. The molecule has 158 valence electrons. The van der Waals surface area contributed by atoms with E-state index in [0.717, 1.165) is 5.56 Å². The second-order valence-electron chi connectivity index (χ2n) is 6.49. The van der Waals surface area contributed by atoms with Gasteiger partial charge in [-0.1, -0.05) is 40.9 Å². The highest BCUT2D eigenvalue weighted by atomic mass is 35.5. The minimum atomic E-state index is -0.608. The molecule has 0 fully saturated rings. The van der Waals surface area contributed by atoms with Gasteiger partial charge in [0, 0.05) is 5.56 Å². The van der Waals surface area contributed by atoms with E-state index in [2.05, 4.69) is 10.5 Å². The first kappa shape index (κ1) is 22.3. The third kappa shape index (κ3) is 5.84. The Morgan fingerprint density at radius 2 is 1.61 bits per heavy atom. The number of benzene rings is 3. The number of carbonyl (C=O) groups excluding carboxylic acids is 2. The number of ether oxygens (including phenoxy) is 2. The molecule has 0 radical (unpaired) electrons. The molecule has 0 saturated carbocycles. The fraction of sp³-hybridized carbons (Fsp3) is 0.0870. The van der Waals surface area contributed by atoms with Crippen molar-refractivity contribution in [3.8, 4) is 11.5 Å². The average Bonchev–Trinajstić information content (AvgIpc) is 2.76. The summed E-state index contributed by atoms with van der Waals surface area (Å²) in [5, 5.41) is 4.55. The molecule has 1 amide bonds. The summed E-state index contributed by atoms with van der Waals surface area (Å²) in [4.78, 5) is 24.5. The van der Waals surface area contributed by atoms with E-state index in [1.807, 2.05) is 19.1 Å². The standard InChI is InChI=1S/C23H18Cl2N2O4/c1-14-3-6-16(7-4-14)22(28)27-26-13-15-5-10-20(21(11-15)30-2)31-23(29)17-8-9-18(24)19(25)12-17/h3-13H,1-2H3,(H,27,28). The van der Waals surface area contributed by atoms with Crippen LogP contribution in [0.15, 0.2) is 65.8 Å². The van der Waals surface area contributed by atoms with Crippen molar-refractivity contribution in [2.24, 2.45) is 5.10 Å². The number of hydrazone groups is 1. The van der Waals surface area contributed by atoms with E-state index in [9.17, 15) is 9.59 Å². The van der Waals surface area contributed by atoms with Crippen LogP contribution >= 0.6 is 23.2 Å². The normalized spacial score (nSPS) is 10.7. The van der Waals surface area contributed by atoms with Crippen LogP contribution < -0.4 is 14.9 Å². The largest absolute Gasteiger partial charge is 0.493 e. The second-order valence-corrected chi connectivity index (χ2v) is 7.31. The van der Waals surface area contributed by atoms with Crippen molar-refractivity contribution in [1.29, 1.82) is 0 Å². The lowest BCUT2D eigenvalue weighted by atomic mass is 10.1. The Morgan fingerprint density at radius 3 is 2.29 bits per heavy atom. The molecule has 31 heavy (non-hydrogen) atoms. The molecular weight excluding hydrogens is 439 g/mol. The Hall–Kier alpha value is -3.35. The Balaban J connectivity index is 1.68. The Kier molecular flexibility index (Phi) is 7.28. The SMILES string of the molecule is COc1cc(C=NNC(=O)c2ccc(C)cc2)ccc1OC(=O)c1ccc(Cl)c(Cl)c1. The number of nitrogens with one attached hydrogen (secondary N) is 1. The van der Waals surface area contributed by atoms with Crippen LogP contribution in [0.5, 0.6) is 11.5 Å². The lowest BCUT2D eigenvalue weighted by molar-refractivity contribution is 0.0729. The summed E-state index contributed by atoms with van der Waals surface area (Å²) in [6, 6.07) is 16.5. The Morgan fingerprint density at radius 1 is 0.903 bits per heavy atom. The maximum absolute atomic E-state index is 12.4. The quantitative estimate of drug-likeness (QED) is 0.236. The van der Waals surface area contributed by atoms with Crippen LogP contribution in [0, 0.1) is 6.92 Å². The third-order valence-electron chi connectivity index (χ3n) is 4.24. The predicted molar refractivity (Wildman–Crippen MR) is 121 cm³/mol. The van der Waals surface area contributed by atoms with Gasteiger partial charge in [0.25, 0.3) is 5.91 Å². The molecule has 0 spiro atoms. The van der Waals surface area contributed by atoms with Crippen molar-refractivity contribution in [1.82, 2.24) is 5.43 Å². The lowest BCUT2D eigenvalue weighted by Crippen LogP contribution is -2.17. The number of esters is 1. The number of carbonyl (C=O) groups is 2. The predicted octanol–water partition coefficient (Wildman–Crippen LogP) is 5.29. The van der Waals surface area contributed by atoms with E-state index < -0.39 is 5.97 Å². The number of halogens is 2. The molecule has 0 atom stereocenters. The number of amides is 1. The molecular formula is C23H18Cl2N2O4. The molecule has 3 rings (SSSR count). The molecule has 0 aliphatic carbocycles. The average molecular weight is 457 g/mol. The maximum Gasteiger partial charge on any atom is 0.343 e. The van der Waals surface area contributed by atoms with Crippen molar-refractivity contribution in [3.63, 3.8) is 0 Å². The van der Waals surface area contributed by atoms with Crippen LogP contribution in [0.25, 0.3) is 0 Å². The van der Waals surface area contributed by atoms with E-state index in [-0.39, 0.29) is 22.2 Å². The van der Waals surface area contributed by atoms with Crippen molar-refractivity contribution in [3.05, 3.63) is 93.0 Å². The zero-order valence-electron chi connectivity index (χ0n) is 16.7. The summed E-state index contributed by atoms with van der Waals surface area (Å²) in [6.45, 7) is 1.94. The van der Waals surface area contributed by atoms with Gasteiger partial charge in [-0.25, -0.2) is 10.2 Å². The van der Waals surface area contributed by atoms with E-state index in [1.165, 1.54) is 31.5 Å². The third-order valence-corrected chi connectivity index (χ3v) is 4.98. The van der Waals surface area contributed by atoms with Gasteiger partial charge in [0.2, 0.25) is 0 Å². The first-order valence-corrected chi connectivity index (χ1v) is 9.88. The van der Waals surface area contributed by atoms with Gasteiger partial charge in [0.1, 0.15) is 0 Å². The molecule has 8 heteroatoms. The van der Waals surface area contributed by atoms with Crippen LogP contribution in [0.3, 0.4) is 0 Å². The van der Waals surface area contributed by atoms with E-state index in [4.69, 9.17) is 32.7 Å². The van der Waals surface area contributed by atoms with Crippen LogP contribution in [0.1, 0.15) is 31.8 Å². The van der Waals surface area contributed by atoms with Gasteiger partial charge in [-0.05, 0) is 61.0 Å². The molecule has 0 aliphatic heterocycles. The molecule has 3 aromatic rings. The fourth-order valence-electron chi connectivity index (χ4n) is 2.57. The molecule has 0 heterocycles. The minimum absolute atomic E-state index is 0.222. The fourth-order valence-corrected chi connectivity index (χ4v) is 2.86. The van der Waals surface area contributed by atoms with Gasteiger partial charge >= 0.3 is 5.97 Å². The number of hydrogen-bond acceptors (Lipinski definition) is 5. The number of hydrogen-bond donors (Lipinski definition) is 1. The number of rotatable bonds is 6. The van der Waals surface area contributed by atoms with Crippen molar-refractivity contribution >= 4 is 41.3 Å². The smallest absolute Gasteiger partial charge is 0.343 e. The van der Waals surface area contributed by atoms with Gasteiger partial charge in [0.15, 0.2) is 11.5 Å². The summed E-state index contributed by atoms with van der Waals surface area (Å²) >= 11 is 11.8. The summed E-state index contributed by atoms with van der Waals surface area (Å²) in [7, 11) is 1.45. The van der Waals surface area contributed by atoms with Crippen LogP contribution in [-0.2, 0) is 0 Å². The molecule has 0 bridgehead atoms. The number of methoxy groups -OCH3 is 1. The highest BCUT2D eigenvalue weighted by Crippen LogP contribution is 2.29. The lowest BCUT2D eigenvalue weighted by Gasteiger charge is -2.10. The highest BCUT2D eigenvalue weighted by Gasteiger charge is 2.14. The van der Waals surface area contributed by atoms with E-state index >= 15 is 0 Å². The molecule has 1 N–H and O–H groups in total. The zero-order chi connectivity index (χ0) is 22.4. The minimum Gasteiger partial charge on any atom is -0.493 e. The van der Waals surface area contributed by atoms with Crippen LogP contribution in [0.4, 0.5) is 0 Å². The van der Waals surface area contributed by atoms with E-state index in [0.29, 0.717) is 21.9 Å². The van der Waals surface area contributed by atoms with E-state index in [1.54, 1.807) is 30.3 Å². The van der Waals surface area contributed by atoms with Gasteiger partial charge in [-0.15, -0.1) is 0 Å². The Bertz CT molecular complexity index is 1140. The first-order valence-electron chi connectivity index (χ1n) is 9.12. The summed E-state index contributed by atoms with van der Waals surface area (Å²) in [5.74, 6) is -0.388. The monoisotopic (exact) mass is 456 g/mol. The van der Waals surface area contributed by atoms with Gasteiger partial charge in [0.05, 0.1) is 28.9 Å². The summed E-state index contributed by atoms with van der Waals surface area (Å²) < 4.78 is 10.7. The topological polar surface area (TPSA) is 77.0 Å². The van der Waals surface area contributed by atoms with Crippen LogP contribution in [-0.4, -0.2) is 25.2 Å². The molecule has 3 aromatic carbocycles. The van der Waals surface area contributed by atoms with Crippen molar-refractivity contribution in [2.45, 2.75) is 6.92 Å². The first-order chi connectivity index (χ1) is 14.9. The van der Waals surface area contributed by atoms with Crippen molar-refractivity contribution in [2.75, 3.05) is 7.11 Å². The molecule has 6 nitrogen and oxygen atoms in total. The molecule has 0 saturated heterocycles.